The van der Waals surface area contributed by atoms with E-state index >= 15 is 0 Å². The van der Waals surface area contributed by atoms with Crippen molar-refractivity contribution in [2.24, 2.45) is 0 Å². The molecule has 0 aliphatic carbocycles. The van der Waals surface area contributed by atoms with E-state index in [1.807, 2.05) is 34.9 Å². The van der Waals surface area contributed by atoms with E-state index < -0.39 is 0 Å². The predicted molar refractivity (Wildman–Crippen MR) is 117 cm³/mol. The minimum atomic E-state index is 0.0853. The summed E-state index contributed by atoms with van der Waals surface area (Å²) in [6, 6.07) is 12.3. The summed E-state index contributed by atoms with van der Waals surface area (Å²) in [5, 5.41) is 0. The SMILES string of the molecule is Cc1ccc(N2CCN(C(=O)c3ccc(N4CCCC4=O)cc3C)CC2)c(C)c1. The van der Waals surface area contributed by atoms with Gasteiger partial charge in [-0.25, -0.2) is 0 Å². The molecule has 0 saturated carbocycles. The van der Waals surface area contributed by atoms with Crippen LogP contribution in [0.1, 0.15) is 39.9 Å². The second-order valence-electron chi connectivity index (χ2n) is 8.22. The van der Waals surface area contributed by atoms with Crippen molar-refractivity contribution in [3.63, 3.8) is 0 Å². The third-order valence-electron chi connectivity index (χ3n) is 6.09. The normalized spacial score (nSPS) is 17.2. The molecule has 152 valence electrons. The lowest BCUT2D eigenvalue weighted by atomic mass is 10.1. The summed E-state index contributed by atoms with van der Waals surface area (Å²) < 4.78 is 0. The molecule has 0 unspecified atom stereocenters. The highest BCUT2D eigenvalue weighted by Gasteiger charge is 2.26. The van der Waals surface area contributed by atoms with E-state index in [2.05, 4.69) is 36.9 Å². The van der Waals surface area contributed by atoms with Gasteiger partial charge in [-0.05, 0) is 62.6 Å². The topological polar surface area (TPSA) is 43.9 Å². The van der Waals surface area contributed by atoms with E-state index in [9.17, 15) is 9.59 Å². The van der Waals surface area contributed by atoms with Crippen LogP contribution in [-0.2, 0) is 4.79 Å². The smallest absolute Gasteiger partial charge is 0.254 e. The maximum Gasteiger partial charge on any atom is 0.254 e. The van der Waals surface area contributed by atoms with E-state index in [0.29, 0.717) is 6.42 Å². The molecule has 2 saturated heterocycles. The Hall–Kier alpha value is -2.82. The van der Waals surface area contributed by atoms with Gasteiger partial charge in [0.15, 0.2) is 0 Å². The summed E-state index contributed by atoms with van der Waals surface area (Å²) >= 11 is 0. The van der Waals surface area contributed by atoms with Crippen molar-refractivity contribution in [3.05, 3.63) is 58.7 Å². The van der Waals surface area contributed by atoms with Gasteiger partial charge < -0.3 is 14.7 Å². The van der Waals surface area contributed by atoms with Crippen molar-refractivity contribution >= 4 is 23.2 Å². The molecule has 2 heterocycles. The summed E-state index contributed by atoms with van der Waals surface area (Å²) in [6.07, 6.45) is 1.52. The summed E-state index contributed by atoms with van der Waals surface area (Å²) in [7, 11) is 0. The van der Waals surface area contributed by atoms with Crippen LogP contribution in [-0.4, -0.2) is 49.4 Å². The monoisotopic (exact) mass is 391 g/mol. The van der Waals surface area contributed by atoms with E-state index in [1.165, 1.54) is 16.8 Å². The fourth-order valence-electron chi connectivity index (χ4n) is 4.46. The van der Waals surface area contributed by atoms with Crippen LogP contribution in [0.4, 0.5) is 11.4 Å². The highest BCUT2D eigenvalue weighted by Crippen LogP contribution is 2.26. The van der Waals surface area contributed by atoms with Gasteiger partial charge >= 0.3 is 0 Å². The Morgan fingerprint density at radius 2 is 1.62 bits per heavy atom. The highest BCUT2D eigenvalue weighted by atomic mass is 16.2. The van der Waals surface area contributed by atoms with E-state index in [1.54, 1.807) is 0 Å². The zero-order valence-corrected chi connectivity index (χ0v) is 17.6. The molecule has 0 N–H and O–H groups in total. The summed E-state index contributed by atoms with van der Waals surface area (Å²) in [5.74, 6) is 0.257. The first kappa shape index (κ1) is 19.5. The van der Waals surface area contributed by atoms with Gasteiger partial charge in [-0.3, -0.25) is 9.59 Å². The van der Waals surface area contributed by atoms with Gasteiger partial charge in [0.1, 0.15) is 0 Å². The number of carbonyl (C=O) groups is 2. The number of carbonyl (C=O) groups excluding carboxylic acids is 2. The first-order valence-corrected chi connectivity index (χ1v) is 10.5. The molecule has 0 aromatic heterocycles. The molecule has 0 atom stereocenters. The van der Waals surface area contributed by atoms with Crippen molar-refractivity contribution in [3.8, 4) is 0 Å². The van der Waals surface area contributed by atoms with Crippen LogP contribution < -0.4 is 9.80 Å². The molecular formula is C24H29N3O2. The van der Waals surface area contributed by atoms with Gasteiger partial charge in [0.05, 0.1) is 0 Å². The standard InChI is InChI=1S/C24H29N3O2/c1-17-6-9-22(19(3)15-17)25-11-13-26(14-12-25)24(29)21-8-7-20(16-18(21)2)27-10-4-5-23(27)28/h6-9,15-16H,4-5,10-14H2,1-3H3. The zero-order chi connectivity index (χ0) is 20.5. The lowest BCUT2D eigenvalue weighted by Gasteiger charge is -2.37. The van der Waals surface area contributed by atoms with Crippen molar-refractivity contribution in [1.82, 2.24) is 4.90 Å². The quantitative estimate of drug-likeness (QED) is 0.801. The molecule has 2 aliphatic heterocycles. The molecule has 0 spiro atoms. The third kappa shape index (κ3) is 3.86. The van der Waals surface area contributed by atoms with Gasteiger partial charge in [-0.15, -0.1) is 0 Å². The highest BCUT2D eigenvalue weighted by molar-refractivity contribution is 5.98. The van der Waals surface area contributed by atoms with Crippen LogP contribution in [0.2, 0.25) is 0 Å². The van der Waals surface area contributed by atoms with Crippen LogP contribution in [0.25, 0.3) is 0 Å². The van der Waals surface area contributed by atoms with Gasteiger partial charge in [0.25, 0.3) is 5.91 Å². The van der Waals surface area contributed by atoms with Crippen LogP contribution >= 0.6 is 0 Å². The molecule has 5 nitrogen and oxygen atoms in total. The Labute approximate surface area is 172 Å². The Morgan fingerprint density at radius 3 is 2.24 bits per heavy atom. The Balaban J connectivity index is 1.43. The lowest BCUT2D eigenvalue weighted by molar-refractivity contribution is -0.117. The van der Waals surface area contributed by atoms with Crippen LogP contribution in [0.5, 0.6) is 0 Å². The molecular weight excluding hydrogens is 362 g/mol. The number of rotatable bonds is 3. The number of hydrogen-bond acceptors (Lipinski definition) is 3. The second-order valence-corrected chi connectivity index (χ2v) is 8.22. The van der Waals surface area contributed by atoms with E-state index in [4.69, 9.17) is 0 Å². The first-order valence-electron chi connectivity index (χ1n) is 10.5. The molecule has 29 heavy (non-hydrogen) atoms. The fraction of sp³-hybridized carbons (Fsp3) is 0.417. The number of benzene rings is 2. The van der Waals surface area contributed by atoms with Crippen molar-refractivity contribution in [2.75, 3.05) is 42.5 Å². The Morgan fingerprint density at radius 1 is 0.862 bits per heavy atom. The zero-order valence-electron chi connectivity index (χ0n) is 17.6. The van der Waals surface area contributed by atoms with Crippen molar-refractivity contribution in [2.45, 2.75) is 33.6 Å². The van der Waals surface area contributed by atoms with E-state index in [0.717, 1.165) is 56.0 Å². The molecule has 0 radical (unpaired) electrons. The first-order chi connectivity index (χ1) is 13.9. The Kier molecular flexibility index (Phi) is 5.31. The Bertz CT molecular complexity index is 945. The molecule has 2 aromatic carbocycles. The summed E-state index contributed by atoms with van der Waals surface area (Å²) in [5.41, 5.74) is 6.39. The van der Waals surface area contributed by atoms with Gasteiger partial charge in [-0.1, -0.05) is 17.7 Å². The fourth-order valence-corrected chi connectivity index (χ4v) is 4.46. The lowest BCUT2D eigenvalue weighted by Crippen LogP contribution is -2.49. The number of anilines is 2. The molecule has 2 aromatic rings. The molecule has 2 aliphatic rings. The summed E-state index contributed by atoms with van der Waals surface area (Å²) in [6.45, 7) is 10.1. The number of nitrogens with zero attached hydrogens (tertiary/aromatic N) is 3. The molecule has 4 rings (SSSR count). The number of amides is 2. The number of hydrogen-bond donors (Lipinski definition) is 0. The third-order valence-corrected chi connectivity index (χ3v) is 6.09. The maximum atomic E-state index is 13.1. The average molecular weight is 392 g/mol. The van der Waals surface area contributed by atoms with Crippen molar-refractivity contribution < 1.29 is 9.59 Å². The number of aryl methyl sites for hydroxylation is 3. The molecule has 5 heteroatoms. The van der Waals surface area contributed by atoms with Gasteiger partial charge in [0, 0.05) is 56.1 Å². The second kappa shape index (κ2) is 7.90. The minimum absolute atomic E-state index is 0.0853. The molecule has 0 bridgehead atoms. The van der Waals surface area contributed by atoms with Crippen LogP contribution in [0.15, 0.2) is 36.4 Å². The summed E-state index contributed by atoms with van der Waals surface area (Å²) in [4.78, 5) is 31.2. The number of piperazine rings is 1. The van der Waals surface area contributed by atoms with Crippen LogP contribution in [0.3, 0.4) is 0 Å². The van der Waals surface area contributed by atoms with Gasteiger partial charge in [-0.2, -0.15) is 0 Å². The predicted octanol–water partition coefficient (Wildman–Crippen LogP) is 3.70. The maximum absolute atomic E-state index is 13.1. The van der Waals surface area contributed by atoms with Crippen LogP contribution in [0, 0.1) is 20.8 Å². The molecule has 2 fully saturated rings. The average Bonchev–Trinajstić information content (AvgIpc) is 3.13. The van der Waals surface area contributed by atoms with Crippen molar-refractivity contribution in [1.29, 1.82) is 0 Å². The largest absolute Gasteiger partial charge is 0.368 e. The van der Waals surface area contributed by atoms with E-state index in [-0.39, 0.29) is 11.8 Å². The van der Waals surface area contributed by atoms with Gasteiger partial charge in [0.2, 0.25) is 5.91 Å². The minimum Gasteiger partial charge on any atom is -0.368 e. The molecule has 2 amide bonds.